The van der Waals surface area contributed by atoms with Crippen molar-refractivity contribution < 1.29 is 22.8 Å². The summed E-state index contributed by atoms with van der Waals surface area (Å²) in [5.41, 5.74) is 4.27. The van der Waals surface area contributed by atoms with Crippen molar-refractivity contribution in [1.29, 1.82) is 0 Å². The average Bonchev–Trinajstić information content (AvgIpc) is 2.75. The molecule has 90 valence electrons. The van der Waals surface area contributed by atoms with Crippen molar-refractivity contribution in [3.05, 3.63) is 29.4 Å². The SMILES string of the molecule is NCc1nc(-c2c(F)c(O)cc(F)c2F)no1. The molecule has 1 heterocycles. The predicted molar refractivity (Wildman–Crippen MR) is 49.2 cm³/mol. The minimum absolute atomic E-state index is 0.0671. The molecule has 17 heavy (non-hydrogen) atoms. The Hall–Kier alpha value is -2.09. The first-order valence-corrected chi connectivity index (χ1v) is 4.44. The van der Waals surface area contributed by atoms with E-state index in [1.54, 1.807) is 0 Å². The summed E-state index contributed by atoms with van der Waals surface area (Å²) in [6.45, 7) is -0.127. The fourth-order valence-electron chi connectivity index (χ4n) is 1.23. The topological polar surface area (TPSA) is 85.2 Å². The number of phenolic OH excluding ortho intramolecular Hbond substituents is 1. The van der Waals surface area contributed by atoms with Gasteiger partial charge >= 0.3 is 0 Å². The van der Waals surface area contributed by atoms with Gasteiger partial charge in [-0.2, -0.15) is 4.98 Å². The first kappa shape index (κ1) is 11.4. The third-order valence-corrected chi connectivity index (χ3v) is 2.00. The van der Waals surface area contributed by atoms with Crippen LogP contribution in [0.15, 0.2) is 10.6 Å². The standard InChI is InChI=1S/C9H6F3N3O2/c10-3-1-4(16)8(12)6(7(3)11)9-14-5(2-13)17-15-9/h1,16H,2,13H2. The molecule has 0 amide bonds. The third kappa shape index (κ3) is 1.82. The van der Waals surface area contributed by atoms with Crippen LogP contribution in [0.1, 0.15) is 5.89 Å². The Morgan fingerprint density at radius 1 is 1.29 bits per heavy atom. The number of rotatable bonds is 2. The second kappa shape index (κ2) is 4.06. The maximum absolute atomic E-state index is 13.4. The molecule has 3 N–H and O–H groups in total. The van der Waals surface area contributed by atoms with E-state index in [-0.39, 0.29) is 12.4 Å². The second-order valence-electron chi connectivity index (χ2n) is 3.10. The molecule has 0 aliphatic heterocycles. The van der Waals surface area contributed by atoms with Crippen LogP contribution in [0.5, 0.6) is 5.75 Å². The van der Waals surface area contributed by atoms with Crippen molar-refractivity contribution in [3.63, 3.8) is 0 Å². The summed E-state index contributed by atoms with van der Waals surface area (Å²) in [6, 6.07) is 0.318. The van der Waals surface area contributed by atoms with Crippen LogP contribution < -0.4 is 5.73 Å². The molecule has 0 fully saturated rings. The summed E-state index contributed by atoms with van der Waals surface area (Å²) in [4.78, 5) is 3.54. The summed E-state index contributed by atoms with van der Waals surface area (Å²) < 4.78 is 44.3. The van der Waals surface area contributed by atoms with Gasteiger partial charge in [0.1, 0.15) is 5.56 Å². The molecule has 8 heteroatoms. The molecule has 2 rings (SSSR count). The van der Waals surface area contributed by atoms with Gasteiger partial charge in [0, 0.05) is 6.07 Å². The lowest BCUT2D eigenvalue weighted by Gasteiger charge is -2.03. The van der Waals surface area contributed by atoms with Gasteiger partial charge in [-0.1, -0.05) is 5.16 Å². The predicted octanol–water partition coefficient (Wildman–Crippen LogP) is 1.32. The minimum atomic E-state index is -1.51. The van der Waals surface area contributed by atoms with Gasteiger partial charge in [-0.25, -0.2) is 13.2 Å². The van der Waals surface area contributed by atoms with Crippen molar-refractivity contribution in [3.8, 4) is 17.1 Å². The Balaban J connectivity index is 2.65. The Kier molecular flexibility index (Phi) is 2.72. The molecule has 0 bridgehead atoms. The van der Waals surface area contributed by atoms with Gasteiger partial charge in [0.25, 0.3) is 0 Å². The summed E-state index contributed by atoms with van der Waals surface area (Å²) in [5.74, 6) is -5.92. The average molecular weight is 245 g/mol. The lowest BCUT2D eigenvalue weighted by atomic mass is 10.1. The van der Waals surface area contributed by atoms with Crippen LogP contribution in [0.25, 0.3) is 11.4 Å². The monoisotopic (exact) mass is 245 g/mol. The maximum atomic E-state index is 13.4. The molecule has 0 saturated carbocycles. The van der Waals surface area contributed by atoms with Gasteiger partial charge in [-0.15, -0.1) is 0 Å². The molecule has 0 saturated heterocycles. The van der Waals surface area contributed by atoms with Crippen molar-refractivity contribution in [2.45, 2.75) is 6.54 Å². The van der Waals surface area contributed by atoms with E-state index < -0.39 is 34.6 Å². The normalized spacial score (nSPS) is 10.8. The Labute approximate surface area is 92.7 Å². The quantitative estimate of drug-likeness (QED) is 0.779. The highest BCUT2D eigenvalue weighted by molar-refractivity contribution is 5.59. The molecule has 5 nitrogen and oxygen atoms in total. The van der Waals surface area contributed by atoms with Crippen LogP contribution in [-0.4, -0.2) is 15.2 Å². The van der Waals surface area contributed by atoms with Crippen LogP contribution in [0.3, 0.4) is 0 Å². The van der Waals surface area contributed by atoms with Crippen LogP contribution in [0.4, 0.5) is 13.2 Å². The molecule has 0 radical (unpaired) electrons. The second-order valence-corrected chi connectivity index (χ2v) is 3.10. The number of hydrogen-bond acceptors (Lipinski definition) is 5. The van der Waals surface area contributed by atoms with E-state index in [2.05, 4.69) is 14.7 Å². The fourth-order valence-corrected chi connectivity index (χ4v) is 1.23. The zero-order valence-electron chi connectivity index (χ0n) is 8.25. The lowest BCUT2D eigenvalue weighted by molar-refractivity contribution is 0.379. The smallest absolute Gasteiger partial charge is 0.240 e. The van der Waals surface area contributed by atoms with Crippen molar-refractivity contribution in [2.75, 3.05) is 0 Å². The zero-order valence-corrected chi connectivity index (χ0v) is 8.25. The number of phenols is 1. The summed E-state index contributed by atoms with van der Waals surface area (Å²) in [5, 5.41) is 12.3. The lowest BCUT2D eigenvalue weighted by Crippen LogP contribution is -1.98. The van der Waals surface area contributed by atoms with Gasteiger partial charge in [0.05, 0.1) is 6.54 Å². The molecular weight excluding hydrogens is 239 g/mol. The van der Waals surface area contributed by atoms with E-state index in [1.165, 1.54) is 0 Å². The van der Waals surface area contributed by atoms with E-state index in [1.807, 2.05) is 0 Å². The Morgan fingerprint density at radius 3 is 2.59 bits per heavy atom. The highest BCUT2D eigenvalue weighted by Crippen LogP contribution is 2.31. The molecule has 1 aromatic carbocycles. The van der Waals surface area contributed by atoms with Gasteiger partial charge in [-0.3, -0.25) is 0 Å². The van der Waals surface area contributed by atoms with E-state index in [0.29, 0.717) is 6.07 Å². The molecule has 0 atom stereocenters. The number of halogens is 3. The molecule has 0 spiro atoms. The maximum Gasteiger partial charge on any atom is 0.240 e. The number of aromatic nitrogens is 2. The first-order valence-electron chi connectivity index (χ1n) is 4.44. The highest BCUT2D eigenvalue weighted by Gasteiger charge is 2.23. The highest BCUT2D eigenvalue weighted by atomic mass is 19.2. The summed E-state index contributed by atoms with van der Waals surface area (Å²) in [7, 11) is 0. The first-order chi connectivity index (χ1) is 8.04. The van der Waals surface area contributed by atoms with E-state index in [4.69, 9.17) is 10.8 Å². The molecule has 0 aliphatic carbocycles. The third-order valence-electron chi connectivity index (χ3n) is 2.00. The van der Waals surface area contributed by atoms with Crippen molar-refractivity contribution >= 4 is 0 Å². The molecular formula is C9H6F3N3O2. The summed E-state index contributed by atoms with van der Waals surface area (Å²) in [6.07, 6.45) is 0. The molecule has 1 aromatic heterocycles. The van der Waals surface area contributed by atoms with E-state index in [9.17, 15) is 13.2 Å². The van der Waals surface area contributed by atoms with E-state index >= 15 is 0 Å². The number of hydrogen-bond donors (Lipinski definition) is 2. The minimum Gasteiger partial charge on any atom is -0.505 e. The van der Waals surface area contributed by atoms with Crippen molar-refractivity contribution in [1.82, 2.24) is 10.1 Å². The Morgan fingerprint density at radius 2 is 2.00 bits per heavy atom. The van der Waals surface area contributed by atoms with Crippen molar-refractivity contribution in [2.24, 2.45) is 5.73 Å². The summed E-state index contributed by atoms with van der Waals surface area (Å²) >= 11 is 0. The number of nitrogens with two attached hydrogens (primary N) is 1. The van der Waals surface area contributed by atoms with Gasteiger partial charge in [0.15, 0.2) is 23.2 Å². The fraction of sp³-hybridized carbons (Fsp3) is 0.111. The molecule has 2 aromatic rings. The Bertz CT molecular complexity index is 545. The van der Waals surface area contributed by atoms with E-state index in [0.717, 1.165) is 0 Å². The molecule has 0 unspecified atom stereocenters. The zero-order chi connectivity index (χ0) is 12.6. The number of nitrogens with zero attached hydrogens (tertiary/aromatic N) is 2. The van der Waals surface area contributed by atoms with Crippen LogP contribution in [-0.2, 0) is 6.54 Å². The van der Waals surface area contributed by atoms with Gasteiger partial charge in [0.2, 0.25) is 11.7 Å². The van der Waals surface area contributed by atoms with Crippen LogP contribution in [0.2, 0.25) is 0 Å². The molecule has 0 aliphatic rings. The van der Waals surface area contributed by atoms with Gasteiger partial charge < -0.3 is 15.4 Å². The largest absolute Gasteiger partial charge is 0.505 e. The number of benzene rings is 1. The van der Waals surface area contributed by atoms with Gasteiger partial charge in [-0.05, 0) is 0 Å². The number of aromatic hydroxyl groups is 1. The van der Waals surface area contributed by atoms with Crippen LogP contribution >= 0.6 is 0 Å². The van der Waals surface area contributed by atoms with Crippen LogP contribution in [0, 0.1) is 17.5 Å².